The fourth-order valence-electron chi connectivity index (χ4n) is 4.05. The molecule has 1 aliphatic heterocycles. The predicted octanol–water partition coefficient (Wildman–Crippen LogP) is 0.374. The Balaban J connectivity index is 2.01. The van der Waals surface area contributed by atoms with Gasteiger partial charge in [-0.05, 0) is 38.0 Å². The minimum absolute atomic E-state index is 0.00130. The van der Waals surface area contributed by atoms with E-state index in [2.05, 4.69) is 0 Å². The minimum atomic E-state index is -0.793. The number of nitrogens with two attached hydrogens (primary N) is 2. The van der Waals surface area contributed by atoms with Gasteiger partial charge in [0.05, 0.1) is 18.9 Å². The Bertz CT molecular complexity index is 1020. The lowest BCUT2D eigenvalue weighted by Gasteiger charge is -2.24. The van der Waals surface area contributed by atoms with E-state index in [-0.39, 0.29) is 29.3 Å². The number of ether oxygens (including phenoxy) is 1. The molecule has 2 fully saturated rings. The maximum atomic E-state index is 15.1. The molecule has 1 saturated carbocycles. The number of nitrogen functional groups attached to an aromatic ring is 1. The number of aromatic nitrogens is 2. The summed E-state index contributed by atoms with van der Waals surface area (Å²) in [6, 6.07) is -0.00130. The van der Waals surface area contributed by atoms with Crippen LogP contribution < -0.4 is 32.5 Å². The van der Waals surface area contributed by atoms with Crippen molar-refractivity contribution in [3.8, 4) is 5.75 Å². The van der Waals surface area contributed by atoms with Crippen LogP contribution in [0.4, 0.5) is 10.1 Å². The van der Waals surface area contributed by atoms with Gasteiger partial charge in [0.15, 0.2) is 11.6 Å². The number of anilines is 1. The fourth-order valence-corrected chi connectivity index (χ4v) is 4.05. The smallest absolute Gasteiger partial charge is 0.354 e. The highest BCUT2D eigenvalue weighted by Crippen LogP contribution is 2.45. The number of nitrogens with zero attached hydrogens (tertiary/aromatic N) is 3. The lowest BCUT2D eigenvalue weighted by atomic mass is 10.0. The van der Waals surface area contributed by atoms with Gasteiger partial charge >= 0.3 is 5.69 Å². The Kier molecular flexibility index (Phi) is 4.14. The quantitative estimate of drug-likeness (QED) is 0.746. The lowest BCUT2D eigenvalue weighted by molar-refractivity contribution is 0.412. The summed E-state index contributed by atoms with van der Waals surface area (Å²) < 4.78 is 22.3. The van der Waals surface area contributed by atoms with Crippen molar-refractivity contribution in [2.24, 2.45) is 11.7 Å². The number of halogens is 1. The first-order valence-corrected chi connectivity index (χ1v) is 9.18. The van der Waals surface area contributed by atoms with E-state index < -0.39 is 17.1 Å². The van der Waals surface area contributed by atoms with Crippen LogP contribution in [0, 0.1) is 11.7 Å². The van der Waals surface area contributed by atoms with E-state index in [1.807, 2.05) is 11.8 Å². The van der Waals surface area contributed by atoms with E-state index in [1.54, 1.807) is 0 Å². The monoisotopic (exact) mass is 377 g/mol. The predicted molar refractivity (Wildman–Crippen MR) is 101 cm³/mol. The number of hydrogen-bond donors (Lipinski definition) is 2. The Hall–Kier alpha value is -2.55. The standard InChI is InChI=1S/C18H24FN5O3/c1-9(20)11-5-6-22(7-11)14-12(19)8-23-15(16(14)27-2)13(10-3-4-10)17(25)24(21)18(23)26/h8-11H,3-7,20-21H2,1-2H3. The third-order valence-electron chi connectivity index (χ3n) is 5.73. The van der Waals surface area contributed by atoms with Crippen LogP contribution in [0.1, 0.15) is 37.7 Å². The van der Waals surface area contributed by atoms with Gasteiger partial charge in [-0.3, -0.25) is 9.20 Å². The summed E-state index contributed by atoms with van der Waals surface area (Å²) in [5.41, 5.74) is 5.68. The molecule has 0 spiro atoms. The summed E-state index contributed by atoms with van der Waals surface area (Å²) in [6.07, 6.45) is 3.60. The third-order valence-corrected chi connectivity index (χ3v) is 5.73. The van der Waals surface area contributed by atoms with Crippen molar-refractivity contribution in [1.82, 2.24) is 9.08 Å². The van der Waals surface area contributed by atoms with Crippen molar-refractivity contribution in [1.29, 1.82) is 0 Å². The first-order chi connectivity index (χ1) is 12.8. The molecule has 0 amide bonds. The van der Waals surface area contributed by atoms with E-state index in [4.69, 9.17) is 16.3 Å². The van der Waals surface area contributed by atoms with Crippen LogP contribution in [0.5, 0.6) is 5.75 Å². The van der Waals surface area contributed by atoms with Gasteiger partial charge in [0, 0.05) is 19.1 Å². The molecule has 8 nitrogen and oxygen atoms in total. The molecule has 1 aliphatic carbocycles. The van der Waals surface area contributed by atoms with Gasteiger partial charge in [0.25, 0.3) is 5.56 Å². The molecule has 2 aromatic heterocycles. The van der Waals surface area contributed by atoms with Crippen molar-refractivity contribution in [3.05, 3.63) is 38.4 Å². The van der Waals surface area contributed by atoms with Gasteiger partial charge in [-0.2, -0.15) is 4.68 Å². The van der Waals surface area contributed by atoms with Gasteiger partial charge < -0.3 is 21.2 Å². The van der Waals surface area contributed by atoms with Crippen molar-refractivity contribution in [2.45, 2.75) is 38.1 Å². The minimum Gasteiger partial charge on any atom is -0.492 e. The summed E-state index contributed by atoms with van der Waals surface area (Å²) in [7, 11) is 1.42. The van der Waals surface area contributed by atoms with Crippen LogP contribution >= 0.6 is 0 Å². The number of rotatable bonds is 4. The Morgan fingerprint density at radius 3 is 2.56 bits per heavy atom. The number of hydrogen-bond acceptors (Lipinski definition) is 6. The molecular weight excluding hydrogens is 353 g/mol. The first kappa shape index (κ1) is 17.8. The van der Waals surface area contributed by atoms with Crippen molar-refractivity contribution < 1.29 is 9.13 Å². The highest BCUT2D eigenvalue weighted by Gasteiger charge is 2.35. The zero-order valence-electron chi connectivity index (χ0n) is 15.4. The number of methoxy groups -OCH3 is 1. The van der Waals surface area contributed by atoms with E-state index >= 15 is 4.39 Å². The molecule has 2 aliphatic rings. The molecule has 3 heterocycles. The first-order valence-electron chi connectivity index (χ1n) is 9.18. The number of fused-ring (bicyclic) bond motifs is 1. The van der Waals surface area contributed by atoms with E-state index in [0.717, 1.165) is 29.9 Å². The molecule has 4 rings (SSSR count). The van der Waals surface area contributed by atoms with Crippen molar-refractivity contribution in [2.75, 3.05) is 30.9 Å². The molecule has 0 radical (unpaired) electrons. The molecule has 0 bridgehead atoms. The lowest BCUT2D eigenvalue weighted by Crippen LogP contribution is -2.44. The Labute approximate surface area is 155 Å². The zero-order chi connectivity index (χ0) is 19.5. The highest BCUT2D eigenvalue weighted by molar-refractivity contribution is 5.78. The van der Waals surface area contributed by atoms with Crippen LogP contribution in [0.3, 0.4) is 0 Å². The summed E-state index contributed by atoms with van der Waals surface area (Å²) in [5, 5.41) is 0. The van der Waals surface area contributed by atoms with Gasteiger partial charge in [-0.25, -0.2) is 9.18 Å². The van der Waals surface area contributed by atoms with Crippen molar-refractivity contribution in [3.63, 3.8) is 0 Å². The molecule has 146 valence electrons. The molecule has 2 unspecified atom stereocenters. The summed E-state index contributed by atoms with van der Waals surface area (Å²) >= 11 is 0. The Morgan fingerprint density at radius 1 is 1.30 bits per heavy atom. The summed E-state index contributed by atoms with van der Waals surface area (Å²) in [4.78, 5) is 27.0. The second kappa shape index (κ2) is 6.26. The molecular formula is C18H24FN5O3. The van der Waals surface area contributed by atoms with Gasteiger partial charge in [0.2, 0.25) is 0 Å². The average Bonchev–Trinajstić information content (AvgIpc) is 3.35. The second-order valence-electron chi connectivity index (χ2n) is 7.58. The molecule has 2 atom stereocenters. The summed E-state index contributed by atoms with van der Waals surface area (Å²) in [5.74, 6) is 5.51. The summed E-state index contributed by atoms with van der Waals surface area (Å²) in [6.45, 7) is 3.17. The second-order valence-corrected chi connectivity index (χ2v) is 7.58. The van der Waals surface area contributed by atoms with Crippen LogP contribution in [-0.2, 0) is 0 Å². The van der Waals surface area contributed by atoms with Crippen LogP contribution in [0.2, 0.25) is 0 Å². The molecule has 27 heavy (non-hydrogen) atoms. The van der Waals surface area contributed by atoms with Gasteiger partial charge in [0.1, 0.15) is 11.2 Å². The molecule has 9 heteroatoms. The topological polar surface area (TPSA) is 108 Å². The Morgan fingerprint density at radius 2 is 2.00 bits per heavy atom. The highest BCUT2D eigenvalue weighted by atomic mass is 19.1. The number of pyridine rings is 1. The van der Waals surface area contributed by atoms with Crippen LogP contribution in [0.25, 0.3) is 5.52 Å². The third kappa shape index (κ3) is 2.68. The zero-order valence-corrected chi connectivity index (χ0v) is 15.4. The van der Waals surface area contributed by atoms with Crippen LogP contribution in [-0.4, -0.2) is 35.3 Å². The largest absolute Gasteiger partial charge is 0.492 e. The van der Waals surface area contributed by atoms with E-state index in [9.17, 15) is 9.59 Å². The van der Waals surface area contributed by atoms with E-state index in [1.165, 1.54) is 7.11 Å². The van der Waals surface area contributed by atoms with Gasteiger partial charge in [-0.15, -0.1) is 0 Å². The maximum absolute atomic E-state index is 15.1. The van der Waals surface area contributed by atoms with Gasteiger partial charge in [-0.1, -0.05) is 0 Å². The maximum Gasteiger partial charge on any atom is 0.354 e. The van der Waals surface area contributed by atoms with Crippen LogP contribution in [0.15, 0.2) is 15.8 Å². The molecule has 1 saturated heterocycles. The van der Waals surface area contributed by atoms with E-state index in [0.29, 0.717) is 28.8 Å². The fraction of sp³-hybridized carbons (Fsp3) is 0.556. The normalized spacial score (nSPS) is 21.0. The average molecular weight is 377 g/mol. The molecule has 4 N–H and O–H groups in total. The molecule has 0 aromatic carbocycles. The van der Waals surface area contributed by atoms with Crippen molar-refractivity contribution >= 4 is 11.2 Å². The molecule has 2 aromatic rings. The SMILES string of the molecule is COc1c(N2CCC(C(C)N)C2)c(F)cn2c(=O)n(N)c(=O)c(C3CC3)c12.